The van der Waals surface area contributed by atoms with E-state index in [1.165, 1.54) is 18.4 Å². The molecule has 0 aromatic heterocycles. The Bertz CT molecular complexity index is 611. The van der Waals surface area contributed by atoms with Crippen LogP contribution in [0.4, 0.5) is 0 Å². The molecule has 5 nitrogen and oxygen atoms in total. The molecule has 0 radical (unpaired) electrons. The number of ether oxygens (including phenoxy) is 2. The van der Waals surface area contributed by atoms with E-state index < -0.39 is 0 Å². The van der Waals surface area contributed by atoms with Crippen molar-refractivity contribution in [2.45, 2.75) is 45.6 Å². The van der Waals surface area contributed by atoms with Crippen molar-refractivity contribution in [3.8, 4) is 5.75 Å². The first-order valence-corrected chi connectivity index (χ1v) is 10.4. The number of carbonyl (C=O) groups excluding carboxylic acids is 1. The van der Waals surface area contributed by atoms with Gasteiger partial charge in [-0.1, -0.05) is 25.1 Å². The average Bonchev–Trinajstić information content (AvgIpc) is 2.70. The largest absolute Gasteiger partial charge is 0.493 e. The van der Waals surface area contributed by atoms with Gasteiger partial charge in [0, 0.05) is 38.7 Å². The quantitative estimate of drug-likeness (QED) is 0.700. The summed E-state index contributed by atoms with van der Waals surface area (Å²) in [5.41, 5.74) is 1.58. The van der Waals surface area contributed by atoms with E-state index in [0.29, 0.717) is 24.3 Å². The number of hydrogen-bond donors (Lipinski definition) is 0. The second kappa shape index (κ2) is 9.56. The second-order valence-electron chi connectivity index (χ2n) is 8.04. The predicted octanol–water partition coefficient (Wildman–Crippen LogP) is 3.33. The molecule has 1 aromatic carbocycles. The number of nitrogens with zero attached hydrogens (tertiary/aromatic N) is 2. The second-order valence-corrected chi connectivity index (χ2v) is 8.04. The Morgan fingerprint density at radius 1 is 1.11 bits per heavy atom. The summed E-state index contributed by atoms with van der Waals surface area (Å²) in [6, 6.07) is 8.41. The molecule has 27 heavy (non-hydrogen) atoms. The third kappa shape index (κ3) is 5.23. The summed E-state index contributed by atoms with van der Waals surface area (Å²) in [5.74, 6) is 1.32. The third-order valence-corrected chi connectivity index (χ3v) is 6.06. The van der Waals surface area contributed by atoms with Crippen molar-refractivity contribution in [1.29, 1.82) is 0 Å². The zero-order chi connectivity index (χ0) is 19.1. The van der Waals surface area contributed by atoms with Crippen molar-refractivity contribution in [2.75, 3.05) is 46.5 Å². The Morgan fingerprint density at radius 2 is 1.89 bits per heavy atom. The van der Waals surface area contributed by atoms with Gasteiger partial charge >= 0.3 is 0 Å². The molecule has 2 aliphatic rings. The first-order chi connectivity index (χ1) is 13.2. The highest BCUT2D eigenvalue weighted by atomic mass is 16.5. The van der Waals surface area contributed by atoms with Crippen molar-refractivity contribution in [3.05, 3.63) is 29.8 Å². The zero-order valence-electron chi connectivity index (χ0n) is 16.9. The van der Waals surface area contributed by atoms with Gasteiger partial charge in [0.2, 0.25) is 5.91 Å². The highest BCUT2D eigenvalue weighted by molar-refractivity contribution is 5.77. The summed E-state index contributed by atoms with van der Waals surface area (Å²) in [6.07, 6.45) is 5.10. The molecule has 0 N–H and O–H groups in total. The number of methoxy groups -OCH3 is 1. The zero-order valence-corrected chi connectivity index (χ0v) is 16.9. The van der Waals surface area contributed by atoms with E-state index in [-0.39, 0.29) is 0 Å². The molecule has 1 amide bonds. The number of amides is 1. The summed E-state index contributed by atoms with van der Waals surface area (Å²) in [4.78, 5) is 16.8. The predicted molar refractivity (Wildman–Crippen MR) is 107 cm³/mol. The van der Waals surface area contributed by atoms with E-state index in [1.807, 2.05) is 11.0 Å². The minimum atomic E-state index is 0.294. The van der Waals surface area contributed by atoms with E-state index in [9.17, 15) is 4.79 Å². The Morgan fingerprint density at radius 3 is 2.63 bits per heavy atom. The van der Waals surface area contributed by atoms with Gasteiger partial charge in [-0.2, -0.15) is 0 Å². The maximum atomic E-state index is 12.2. The maximum absolute atomic E-state index is 12.2. The molecule has 0 unspecified atom stereocenters. The number of benzene rings is 1. The van der Waals surface area contributed by atoms with Crippen LogP contribution >= 0.6 is 0 Å². The minimum Gasteiger partial charge on any atom is -0.493 e. The maximum Gasteiger partial charge on any atom is 0.222 e. The molecule has 3 rings (SSSR count). The average molecular weight is 375 g/mol. The smallest absolute Gasteiger partial charge is 0.222 e. The molecule has 2 saturated heterocycles. The lowest BCUT2D eigenvalue weighted by atomic mass is 9.72. The first-order valence-electron chi connectivity index (χ1n) is 10.4. The van der Waals surface area contributed by atoms with Crippen molar-refractivity contribution in [1.82, 2.24) is 9.80 Å². The van der Waals surface area contributed by atoms with Crippen LogP contribution in [0.15, 0.2) is 24.3 Å². The van der Waals surface area contributed by atoms with Crippen LogP contribution in [-0.2, 0) is 16.1 Å². The number of carbonyl (C=O) groups is 1. The molecule has 2 fully saturated rings. The van der Waals surface area contributed by atoms with Crippen molar-refractivity contribution in [2.24, 2.45) is 5.41 Å². The van der Waals surface area contributed by atoms with E-state index in [2.05, 4.69) is 30.0 Å². The number of likely N-dealkylation sites (tertiary alicyclic amines) is 2. The molecular weight excluding hydrogens is 340 g/mol. The molecule has 2 aliphatic heterocycles. The van der Waals surface area contributed by atoms with Crippen molar-refractivity contribution in [3.63, 3.8) is 0 Å². The van der Waals surface area contributed by atoms with Gasteiger partial charge in [-0.15, -0.1) is 0 Å². The Balaban J connectivity index is 1.55. The van der Waals surface area contributed by atoms with Crippen LogP contribution in [0.1, 0.15) is 44.6 Å². The van der Waals surface area contributed by atoms with Crippen molar-refractivity contribution < 1.29 is 14.3 Å². The first kappa shape index (κ1) is 20.2. The van der Waals surface area contributed by atoms with Crippen LogP contribution in [0.25, 0.3) is 0 Å². The van der Waals surface area contributed by atoms with Crippen LogP contribution in [-0.4, -0.2) is 62.2 Å². The molecule has 0 saturated carbocycles. The Labute approximate surface area is 163 Å². The number of rotatable bonds is 8. The lowest BCUT2D eigenvalue weighted by Crippen LogP contribution is -2.52. The fraction of sp³-hybridized carbons (Fsp3) is 0.682. The highest BCUT2D eigenvalue weighted by Crippen LogP contribution is 2.40. The highest BCUT2D eigenvalue weighted by Gasteiger charge is 2.40. The van der Waals surface area contributed by atoms with E-state index in [0.717, 1.165) is 57.9 Å². The van der Waals surface area contributed by atoms with Crippen LogP contribution in [0.3, 0.4) is 0 Å². The standard InChI is InChI=1S/C22H34N2O3/c1-3-15-27-20-7-5-4-6-19(20)17-23-12-10-22(11-13-23)9-8-21(25)24(18-22)14-16-26-2/h4-7H,3,8-18H2,1-2H3. The molecule has 1 aromatic rings. The number of piperidine rings is 2. The summed E-state index contributed by atoms with van der Waals surface area (Å²) in [5, 5.41) is 0. The Hall–Kier alpha value is -1.59. The van der Waals surface area contributed by atoms with E-state index >= 15 is 0 Å². The SMILES string of the molecule is CCCOc1ccccc1CN1CCC2(CCC(=O)N(CCOC)C2)CC1. The van der Waals surface area contributed by atoms with Gasteiger partial charge in [-0.3, -0.25) is 9.69 Å². The Kier molecular flexibility index (Phi) is 7.13. The van der Waals surface area contributed by atoms with Crippen LogP contribution in [0.2, 0.25) is 0 Å². The van der Waals surface area contributed by atoms with E-state index in [1.54, 1.807) is 7.11 Å². The van der Waals surface area contributed by atoms with Gasteiger partial charge in [0.05, 0.1) is 13.2 Å². The molecule has 150 valence electrons. The van der Waals surface area contributed by atoms with Gasteiger partial charge in [-0.05, 0) is 50.3 Å². The summed E-state index contributed by atoms with van der Waals surface area (Å²) >= 11 is 0. The molecule has 1 spiro atoms. The lowest BCUT2D eigenvalue weighted by Gasteiger charge is -2.47. The fourth-order valence-electron chi connectivity index (χ4n) is 4.33. The molecule has 0 bridgehead atoms. The summed E-state index contributed by atoms with van der Waals surface area (Å²) in [7, 11) is 1.70. The van der Waals surface area contributed by atoms with Crippen LogP contribution < -0.4 is 4.74 Å². The van der Waals surface area contributed by atoms with Crippen LogP contribution in [0, 0.1) is 5.41 Å². The molecular formula is C22H34N2O3. The molecule has 0 atom stereocenters. The summed E-state index contributed by atoms with van der Waals surface area (Å²) < 4.78 is 11.1. The lowest BCUT2D eigenvalue weighted by molar-refractivity contribution is -0.139. The van der Waals surface area contributed by atoms with Gasteiger partial charge < -0.3 is 14.4 Å². The number of para-hydroxylation sites is 1. The van der Waals surface area contributed by atoms with Gasteiger partial charge in [0.15, 0.2) is 0 Å². The van der Waals surface area contributed by atoms with Gasteiger partial charge in [0.25, 0.3) is 0 Å². The number of hydrogen-bond acceptors (Lipinski definition) is 4. The molecule has 5 heteroatoms. The van der Waals surface area contributed by atoms with Crippen molar-refractivity contribution >= 4 is 5.91 Å². The normalized spacial score (nSPS) is 20.2. The molecule has 2 heterocycles. The van der Waals surface area contributed by atoms with Gasteiger partial charge in [-0.25, -0.2) is 0 Å². The monoisotopic (exact) mass is 374 g/mol. The topological polar surface area (TPSA) is 42.0 Å². The molecule has 0 aliphatic carbocycles. The van der Waals surface area contributed by atoms with Gasteiger partial charge in [0.1, 0.15) is 5.75 Å². The van der Waals surface area contributed by atoms with Crippen LogP contribution in [0.5, 0.6) is 5.75 Å². The van der Waals surface area contributed by atoms with E-state index in [4.69, 9.17) is 9.47 Å². The minimum absolute atomic E-state index is 0.294. The fourth-order valence-corrected chi connectivity index (χ4v) is 4.33. The summed E-state index contributed by atoms with van der Waals surface area (Å²) in [6.45, 7) is 8.29. The third-order valence-electron chi connectivity index (χ3n) is 6.06.